The zero-order valence-corrected chi connectivity index (χ0v) is 19.1. The van der Waals surface area contributed by atoms with Gasteiger partial charge in [0.1, 0.15) is 0 Å². The van der Waals surface area contributed by atoms with Crippen LogP contribution >= 0.6 is 0 Å². The van der Waals surface area contributed by atoms with Crippen molar-refractivity contribution in [2.45, 2.75) is 19.3 Å². The first-order valence-corrected chi connectivity index (χ1v) is 10.9. The van der Waals surface area contributed by atoms with Crippen molar-refractivity contribution in [2.24, 2.45) is 0 Å². The molecular weight excluding hydrogens is 450 g/mol. The molecule has 0 aliphatic carbocycles. The molecule has 176 valence electrons. The molecule has 4 rings (SSSR count). The zero-order valence-electron chi connectivity index (χ0n) is 19.1. The van der Waals surface area contributed by atoms with Crippen molar-refractivity contribution in [3.8, 4) is 11.5 Å². The summed E-state index contributed by atoms with van der Waals surface area (Å²) < 4.78 is 37.8. The van der Waals surface area contributed by atoms with Crippen LogP contribution in [0.3, 0.4) is 0 Å². The van der Waals surface area contributed by atoms with Crippen LogP contribution in [0.2, 0.25) is 0 Å². The molecular formula is C29H22F2O4. The van der Waals surface area contributed by atoms with E-state index in [-0.39, 0.29) is 11.5 Å². The summed E-state index contributed by atoms with van der Waals surface area (Å²) >= 11 is 0. The van der Waals surface area contributed by atoms with Gasteiger partial charge in [0.05, 0.1) is 11.1 Å². The summed E-state index contributed by atoms with van der Waals surface area (Å²) in [5, 5.41) is 0. The Morgan fingerprint density at radius 2 is 0.914 bits per heavy atom. The Bertz CT molecular complexity index is 1260. The summed E-state index contributed by atoms with van der Waals surface area (Å²) in [7, 11) is 0. The van der Waals surface area contributed by atoms with E-state index in [2.05, 4.69) is 0 Å². The quantitative estimate of drug-likeness (QED) is 0.231. The molecule has 0 aliphatic heterocycles. The molecule has 4 aromatic carbocycles. The predicted octanol–water partition coefficient (Wildman–Crippen LogP) is 6.73. The summed E-state index contributed by atoms with van der Waals surface area (Å²) in [6.07, 6.45) is 0. The minimum absolute atomic E-state index is 0.129. The summed E-state index contributed by atoms with van der Waals surface area (Å²) in [4.78, 5) is 24.8. The van der Waals surface area contributed by atoms with Gasteiger partial charge < -0.3 is 9.47 Å². The van der Waals surface area contributed by atoms with Crippen molar-refractivity contribution in [2.75, 3.05) is 0 Å². The molecule has 0 bridgehead atoms. The Labute approximate surface area is 201 Å². The highest BCUT2D eigenvalue weighted by Gasteiger charge is 2.24. The second-order valence-electron chi connectivity index (χ2n) is 8.42. The number of carbonyl (C=O) groups is 2. The second-order valence-corrected chi connectivity index (χ2v) is 8.42. The van der Waals surface area contributed by atoms with Crippen LogP contribution in [0, 0.1) is 11.6 Å². The molecule has 0 aliphatic rings. The van der Waals surface area contributed by atoms with Gasteiger partial charge in [-0.15, -0.1) is 0 Å². The average molecular weight is 472 g/mol. The normalized spacial score (nSPS) is 11.1. The van der Waals surface area contributed by atoms with Gasteiger partial charge in [0, 0.05) is 5.41 Å². The van der Waals surface area contributed by atoms with Crippen LogP contribution < -0.4 is 9.47 Å². The Kier molecular flexibility index (Phi) is 6.73. The molecule has 0 heterocycles. The molecule has 0 aromatic heterocycles. The summed E-state index contributed by atoms with van der Waals surface area (Å²) in [6.45, 7) is 4.01. The van der Waals surface area contributed by atoms with Crippen LogP contribution in [0.25, 0.3) is 0 Å². The minimum atomic E-state index is -0.655. The van der Waals surface area contributed by atoms with E-state index < -0.39 is 29.0 Å². The van der Waals surface area contributed by atoms with E-state index in [4.69, 9.17) is 9.47 Å². The number of esters is 2. The molecule has 0 spiro atoms. The molecule has 35 heavy (non-hydrogen) atoms. The SMILES string of the molecule is CC(C)(c1ccc(C(=O)Oc2ccccc2F)cc1)c1ccc(C(=O)Oc2ccccc2F)cc1. The van der Waals surface area contributed by atoms with E-state index >= 15 is 0 Å². The molecule has 0 atom stereocenters. The first-order chi connectivity index (χ1) is 16.8. The summed E-state index contributed by atoms with van der Waals surface area (Å²) in [5.41, 5.74) is 1.96. The lowest BCUT2D eigenvalue weighted by Crippen LogP contribution is -2.20. The number of benzene rings is 4. The third-order valence-electron chi connectivity index (χ3n) is 5.76. The van der Waals surface area contributed by atoms with Gasteiger partial charge in [0.15, 0.2) is 23.1 Å². The first-order valence-electron chi connectivity index (χ1n) is 10.9. The fraction of sp³-hybridized carbons (Fsp3) is 0.103. The Morgan fingerprint density at radius 1 is 0.571 bits per heavy atom. The number of rotatable bonds is 6. The van der Waals surface area contributed by atoms with Crippen molar-refractivity contribution in [3.63, 3.8) is 0 Å². The number of hydrogen-bond acceptors (Lipinski definition) is 4. The molecule has 0 saturated heterocycles. The number of halogens is 2. The molecule has 0 saturated carbocycles. The molecule has 4 nitrogen and oxygen atoms in total. The largest absolute Gasteiger partial charge is 0.420 e. The number of carbonyl (C=O) groups excluding carboxylic acids is 2. The second kappa shape index (κ2) is 9.89. The van der Waals surface area contributed by atoms with Crippen LogP contribution in [0.5, 0.6) is 11.5 Å². The first kappa shape index (κ1) is 23.8. The molecule has 0 fully saturated rings. The fourth-order valence-corrected chi connectivity index (χ4v) is 3.59. The maximum absolute atomic E-state index is 13.8. The highest BCUT2D eigenvalue weighted by atomic mass is 19.1. The Hall–Kier alpha value is -4.32. The molecule has 0 amide bonds. The number of ether oxygens (including phenoxy) is 2. The van der Waals surface area contributed by atoms with E-state index in [9.17, 15) is 18.4 Å². The summed E-state index contributed by atoms with van der Waals surface area (Å²) in [6, 6.07) is 25.1. The standard InChI is InChI=1S/C29H22F2O4/c1-29(2,21-15-11-19(12-16-21)27(32)34-25-9-5-3-7-23(25)30)22-17-13-20(14-18-22)28(33)35-26-10-6-4-8-24(26)31/h3-18H,1-2H3. The Morgan fingerprint density at radius 3 is 1.26 bits per heavy atom. The highest BCUT2D eigenvalue weighted by Crippen LogP contribution is 2.32. The van der Waals surface area contributed by atoms with E-state index in [1.165, 1.54) is 36.4 Å². The predicted molar refractivity (Wildman–Crippen MR) is 128 cm³/mol. The van der Waals surface area contributed by atoms with Crippen LogP contribution in [-0.4, -0.2) is 11.9 Å². The van der Waals surface area contributed by atoms with Crippen LogP contribution in [0.1, 0.15) is 45.7 Å². The van der Waals surface area contributed by atoms with Gasteiger partial charge in [-0.05, 0) is 59.7 Å². The smallest absolute Gasteiger partial charge is 0.343 e. The molecule has 0 N–H and O–H groups in total. The summed E-state index contributed by atoms with van der Waals surface area (Å²) in [5.74, 6) is -2.79. The third-order valence-corrected chi connectivity index (χ3v) is 5.76. The van der Waals surface area contributed by atoms with Gasteiger partial charge in [-0.1, -0.05) is 62.4 Å². The van der Waals surface area contributed by atoms with Gasteiger partial charge in [-0.2, -0.15) is 0 Å². The van der Waals surface area contributed by atoms with Crippen molar-refractivity contribution < 1.29 is 27.8 Å². The molecule has 4 aromatic rings. The Balaban J connectivity index is 1.47. The van der Waals surface area contributed by atoms with E-state index in [0.717, 1.165) is 11.1 Å². The van der Waals surface area contributed by atoms with Crippen molar-refractivity contribution in [3.05, 3.63) is 131 Å². The lowest BCUT2D eigenvalue weighted by atomic mass is 9.78. The van der Waals surface area contributed by atoms with Crippen molar-refractivity contribution in [1.82, 2.24) is 0 Å². The highest BCUT2D eigenvalue weighted by molar-refractivity contribution is 5.91. The van der Waals surface area contributed by atoms with Crippen molar-refractivity contribution >= 4 is 11.9 Å². The monoisotopic (exact) mass is 472 g/mol. The van der Waals surface area contributed by atoms with Crippen LogP contribution in [0.15, 0.2) is 97.1 Å². The maximum Gasteiger partial charge on any atom is 0.343 e. The fourth-order valence-electron chi connectivity index (χ4n) is 3.59. The van der Waals surface area contributed by atoms with Gasteiger partial charge in [0.25, 0.3) is 0 Å². The number of hydrogen-bond donors (Lipinski definition) is 0. The van der Waals surface area contributed by atoms with Crippen LogP contribution in [0.4, 0.5) is 8.78 Å². The molecule has 0 unspecified atom stereocenters. The van der Waals surface area contributed by atoms with E-state index in [1.54, 1.807) is 60.7 Å². The maximum atomic E-state index is 13.8. The minimum Gasteiger partial charge on any atom is -0.420 e. The average Bonchev–Trinajstić information content (AvgIpc) is 2.87. The zero-order chi connectivity index (χ0) is 25.0. The molecule has 0 radical (unpaired) electrons. The lowest BCUT2D eigenvalue weighted by Gasteiger charge is -2.26. The topological polar surface area (TPSA) is 52.6 Å². The van der Waals surface area contributed by atoms with Gasteiger partial charge >= 0.3 is 11.9 Å². The van der Waals surface area contributed by atoms with Crippen molar-refractivity contribution in [1.29, 1.82) is 0 Å². The van der Waals surface area contributed by atoms with Gasteiger partial charge in [0.2, 0.25) is 0 Å². The lowest BCUT2D eigenvalue weighted by molar-refractivity contribution is 0.0718. The van der Waals surface area contributed by atoms with E-state index in [0.29, 0.717) is 11.1 Å². The third kappa shape index (κ3) is 5.27. The van der Waals surface area contributed by atoms with Gasteiger partial charge in [-0.3, -0.25) is 0 Å². The van der Waals surface area contributed by atoms with Crippen LogP contribution in [-0.2, 0) is 5.41 Å². The van der Waals surface area contributed by atoms with Gasteiger partial charge in [-0.25, -0.2) is 18.4 Å². The molecule has 6 heteroatoms. The van der Waals surface area contributed by atoms with E-state index in [1.807, 2.05) is 13.8 Å². The number of para-hydroxylation sites is 2.